The first-order valence-electron chi connectivity index (χ1n) is 14.8. The number of rotatable bonds is 10. The quantitative estimate of drug-likeness (QED) is 0.239. The van der Waals surface area contributed by atoms with Crippen molar-refractivity contribution < 1.29 is 23.5 Å². The first-order chi connectivity index (χ1) is 20.3. The van der Waals surface area contributed by atoms with E-state index in [0.717, 1.165) is 31.4 Å². The van der Waals surface area contributed by atoms with Crippen LogP contribution in [0.2, 0.25) is 0 Å². The molecule has 0 spiro atoms. The van der Waals surface area contributed by atoms with Gasteiger partial charge in [-0.25, -0.2) is 9.18 Å². The van der Waals surface area contributed by atoms with Gasteiger partial charge in [0.1, 0.15) is 17.6 Å². The van der Waals surface area contributed by atoms with Crippen molar-refractivity contribution in [3.63, 3.8) is 0 Å². The molecule has 0 aliphatic carbocycles. The fraction of sp³-hybridized carbons (Fsp3) is 0.394. The number of ether oxygens (including phenoxy) is 2. The van der Waals surface area contributed by atoms with Gasteiger partial charge in [0.25, 0.3) is 5.91 Å². The molecular formula is C33H39FN4O4. The third-order valence-corrected chi connectivity index (χ3v) is 8.32. The molecule has 0 saturated carbocycles. The number of carbonyl (C=O) groups is 2. The number of fused-ring (bicyclic) bond motifs is 2. The van der Waals surface area contributed by atoms with Gasteiger partial charge >= 0.3 is 6.03 Å². The summed E-state index contributed by atoms with van der Waals surface area (Å²) >= 11 is 0. The van der Waals surface area contributed by atoms with E-state index in [-0.39, 0.29) is 29.8 Å². The summed E-state index contributed by atoms with van der Waals surface area (Å²) in [7, 11) is 2.21. The summed E-state index contributed by atoms with van der Waals surface area (Å²) in [4.78, 5) is 27.4. The van der Waals surface area contributed by atoms with Crippen LogP contribution in [0.15, 0.2) is 66.7 Å². The maximum Gasteiger partial charge on any atom is 0.319 e. The summed E-state index contributed by atoms with van der Waals surface area (Å²) in [5.41, 5.74) is 1.43. The average molecular weight is 575 g/mol. The third kappa shape index (κ3) is 7.20. The monoisotopic (exact) mass is 574 g/mol. The molecule has 2 aliphatic rings. The Hall–Kier alpha value is -4.11. The molecule has 2 fully saturated rings. The van der Waals surface area contributed by atoms with Crippen LogP contribution in [0.5, 0.6) is 17.2 Å². The van der Waals surface area contributed by atoms with Gasteiger partial charge in [-0.3, -0.25) is 4.79 Å². The van der Waals surface area contributed by atoms with E-state index in [4.69, 9.17) is 9.47 Å². The molecular weight excluding hydrogens is 535 g/mol. The number of benzene rings is 3. The normalized spacial score (nSPS) is 19.8. The maximum absolute atomic E-state index is 14.7. The molecule has 0 radical (unpaired) electrons. The van der Waals surface area contributed by atoms with Crippen molar-refractivity contribution in [1.29, 1.82) is 0 Å². The highest BCUT2D eigenvalue weighted by atomic mass is 19.1. The van der Waals surface area contributed by atoms with E-state index in [2.05, 4.69) is 27.9 Å². The lowest BCUT2D eigenvalue weighted by molar-refractivity contribution is 0.0661. The van der Waals surface area contributed by atoms with Crippen LogP contribution < -0.4 is 25.4 Å². The standard InChI is InChI=1S/C33H39FN4O4/c1-4-22(5-2)36-33(40)37-24-10-17-31(30(34)18-24)42-28-15-8-23(9-16-28)35-32(39)21-6-13-27(14-7-21)41-29-19-25-11-12-26(20-29)38(25)3/h6-10,13-18,22,25-26,29H,4-5,11-12,19-20H2,1-3H3,(H,35,39)(H2,36,37,40). The third-order valence-electron chi connectivity index (χ3n) is 8.32. The van der Waals surface area contributed by atoms with Crippen LogP contribution in [-0.4, -0.2) is 48.1 Å². The van der Waals surface area contributed by atoms with Crippen molar-refractivity contribution >= 4 is 23.3 Å². The topological polar surface area (TPSA) is 91.9 Å². The number of nitrogens with zero attached hydrogens (tertiary/aromatic N) is 1. The zero-order valence-corrected chi connectivity index (χ0v) is 24.4. The van der Waals surface area contributed by atoms with Crippen molar-refractivity contribution in [1.82, 2.24) is 10.2 Å². The predicted octanol–water partition coefficient (Wildman–Crippen LogP) is 7.18. The van der Waals surface area contributed by atoms with Gasteiger partial charge in [0.05, 0.1) is 0 Å². The van der Waals surface area contributed by atoms with Gasteiger partial charge in [-0.05, 0) is 106 Å². The minimum Gasteiger partial charge on any atom is -0.490 e. The first kappa shape index (κ1) is 29.4. The molecule has 9 heteroatoms. The molecule has 0 aromatic heterocycles. The van der Waals surface area contributed by atoms with Crippen LogP contribution in [0.25, 0.3) is 0 Å². The predicted molar refractivity (Wildman–Crippen MR) is 162 cm³/mol. The fourth-order valence-electron chi connectivity index (χ4n) is 5.78. The Kier molecular flexibility index (Phi) is 9.27. The van der Waals surface area contributed by atoms with Crippen molar-refractivity contribution in [2.24, 2.45) is 0 Å². The molecule has 2 heterocycles. The molecule has 222 valence electrons. The SMILES string of the molecule is CCC(CC)NC(=O)Nc1ccc(Oc2ccc(NC(=O)c3ccc(OC4CC5CCC(C4)N5C)cc3)cc2)c(F)c1. The van der Waals surface area contributed by atoms with Gasteiger partial charge in [-0.2, -0.15) is 0 Å². The molecule has 5 rings (SSSR count). The second-order valence-electron chi connectivity index (χ2n) is 11.1. The fourth-order valence-corrected chi connectivity index (χ4v) is 5.78. The molecule has 3 aromatic carbocycles. The van der Waals surface area contributed by atoms with Crippen molar-refractivity contribution in [3.05, 3.63) is 78.1 Å². The van der Waals surface area contributed by atoms with Crippen molar-refractivity contribution in [2.45, 2.75) is 76.6 Å². The van der Waals surface area contributed by atoms with Crippen molar-refractivity contribution in [3.8, 4) is 17.2 Å². The van der Waals surface area contributed by atoms with Crippen LogP contribution in [0.1, 0.15) is 62.7 Å². The summed E-state index contributed by atoms with van der Waals surface area (Å²) in [6.45, 7) is 3.99. The summed E-state index contributed by atoms with van der Waals surface area (Å²) in [5.74, 6) is 0.358. The second-order valence-corrected chi connectivity index (χ2v) is 11.1. The van der Waals surface area contributed by atoms with Crippen molar-refractivity contribution in [2.75, 3.05) is 17.7 Å². The van der Waals surface area contributed by atoms with E-state index in [1.54, 1.807) is 42.5 Å². The van der Waals surface area contributed by atoms with Gasteiger partial charge in [0.15, 0.2) is 11.6 Å². The number of hydrogen-bond donors (Lipinski definition) is 3. The molecule has 2 saturated heterocycles. The highest BCUT2D eigenvalue weighted by molar-refractivity contribution is 6.04. The highest BCUT2D eigenvalue weighted by Crippen LogP contribution is 2.36. The van der Waals surface area contributed by atoms with Crippen LogP contribution in [0.3, 0.4) is 0 Å². The minimum atomic E-state index is -0.608. The number of piperidine rings is 1. The smallest absolute Gasteiger partial charge is 0.319 e. The minimum absolute atomic E-state index is 0.0212. The van der Waals surface area contributed by atoms with E-state index in [0.29, 0.717) is 34.8 Å². The lowest BCUT2D eigenvalue weighted by Crippen LogP contribution is -2.43. The molecule has 2 atom stereocenters. The van der Waals surface area contributed by atoms with Crippen LogP contribution in [0.4, 0.5) is 20.6 Å². The summed E-state index contributed by atoms with van der Waals surface area (Å²) in [5, 5.41) is 8.37. The summed E-state index contributed by atoms with van der Waals surface area (Å²) in [6.07, 6.45) is 6.42. The van der Waals surface area contributed by atoms with Crippen LogP contribution in [-0.2, 0) is 0 Å². The lowest BCUT2D eigenvalue weighted by atomic mass is 10.0. The molecule has 2 bridgehead atoms. The zero-order chi connectivity index (χ0) is 29.6. The molecule has 3 N–H and O–H groups in total. The molecule has 2 aliphatic heterocycles. The van der Waals surface area contributed by atoms with Gasteiger partial charge in [0, 0.05) is 41.1 Å². The number of anilines is 2. The Morgan fingerprint density at radius 3 is 2.12 bits per heavy atom. The van der Waals surface area contributed by atoms with Crippen LogP contribution >= 0.6 is 0 Å². The average Bonchev–Trinajstić information content (AvgIpc) is 3.18. The Morgan fingerprint density at radius 1 is 0.881 bits per heavy atom. The number of nitrogens with one attached hydrogen (secondary N) is 3. The Labute approximate surface area is 246 Å². The number of amides is 3. The number of carbonyl (C=O) groups excluding carboxylic acids is 2. The molecule has 3 amide bonds. The molecule has 3 aromatic rings. The van der Waals surface area contributed by atoms with E-state index < -0.39 is 5.82 Å². The first-order valence-corrected chi connectivity index (χ1v) is 14.8. The Morgan fingerprint density at radius 2 is 1.50 bits per heavy atom. The van der Waals surface area contributed by atoms with Gasteiger partial charge in [-0.1, -0.05) is 13.8 Å². The van der Waals surface area contributed by atoms with Crippen LogP contribution in [0, 0.1) is 5.82 Å². The van der Waals surface area contributed by atoms with E-state index >= 15 is 0 Å². The van der Waals surface area contributed by atoms with E-state index in [9.17, 15) is 14.0 Å². The highest BCUT2D eigenvalue weighted by Gasteiger charge is 2.39. The largest absolute Gasteiger partial charge is 0.490 e. The summed E-state index contributed by atoms with van der Waals surface area (Å²) in [6, 6.07) is 19.1. The number of halogens is 1. The second kappa shape index (κ2) is 13.2. The Bertz CT molecular complexity index is 1360. The van der Waals surface area contributed by atoms with Gasteiger partial charge < -0.3 is 30.3 Å². The van der Waals surface area contributed by atoms with Gasteiger partial charge in [0.2, 0.25) is 0 Å². The molecule has 42 heavy (non-hydrogen) atoms. The molecule has 2 unspecified atom stereocenters. The number of hydrogen-bond acceptors (Lipinski definition) is 5. The Balaban J connectivity index is 1.11. The van der Waals surface area contributed by atoms with E-state index in [1.807, 2.05) is 26.0 Å². The van der Waals surface area contributed by atoms with E-state index in [1.165, 1.54) is 25.0 Å². The van der Waals surface area contributed by atoms with Gasteiger partial charge in [-0.15, -0.1) is 0 Å². The molecule has 8 nitrogen and oxygen atoms in total. The summed E-state index contributed by atoms with van der Waals surface area (Å²) < 4.78 is 26.6. The lowest BCUT2D eigenvalue weighted by Gasteiger charge is -2.36. The number of urea groups is 1. The zero-order valence-electron chi connectivity index (χ0n) is 24.4. The maximum atomic E-state index is 14.7.